The van der Waals surface area contributed by atoms with Crippen molar-refractivity contribution in [3.05, 3.63) is 74.9 Å². The summed E-state index contributed by atoms with van der Waals surface area (Å²) in [5.41, 5.74) is -0.993. The Kier molecular flexibility index (Phi) is 5.29. The molecule has 0 spiro atoms. The second-order valence-corrected chi connectivity index (χ2v) is 7.04. The minimum Gasteiger partial charge on any atom is -0.224 e. The van der Waals surface area contributed by atoms with Crippen molar-refractivity contribution in [2.45, 2.75) is 5.75 Å². The van der Waals surface area contributed by atoms with Crippen LogP contribution in [0.4, 0.5) is 22.0 Å². The molecule has 128 valence electrons. The van der Waals surface area contributed by atoms with Gasteiger partial charge in [-0.2, -0.15) is 0 Å². The second kappa shape index (κ2) is 6.90. The minimum absolute atomic E-state index is 0.335. The van der Waals surface area contributed by atoms with Crippen molar-refractivity contribution in [3.63, 3.8) is 0 Å². The Labute approximate surface area is 139 Å². The van der Waals surface area contributed by atoms with E-state index in [0.717, 1.165) is 0 Å². The fraction of sp³-hybridized carbons (Fsp3) is 0.0667. The molecular weight excluding hydrogens is 375 g/mol. The zero-order valence-electron chi connectivity index (χ0n) is 11.7. The van der Waals surface area contributed by atoms with E-state index in [1.54, 1.807) is 0 Å². The predicted molar refractivity (Wildman–Crippen MR) is 79.3 cm³/mol. The Hall–Kier alpha value is -1.93. The standard InChI is InChI=1S/C15H8ClF5O2S/c16-9-3-1-8(2-4-9)7-24(22,23)6-5-10-11(17)13(19)15(21)14(20)12(10)18/h1-6H,7H2/b6-5+. The van der Waals surface area contributed by atoms with Crippen molar-refractivity contribution in [3.8, 4) is 0 Å². The first-order chi connectivity index (χ1) is 11.1. The van der Waals surface area contributed by atoms with Crippen LogP contribution in [0.5, 0.6) is 0 Å². The van der Waals surface area contributed by atoms with Gasteiger partial charge in [-0.25, -0.2) is 30.4 Å². The van der Waals surface area contributed by atoms with Crippen LogP contribution in [-0.4, -0.2) is 8.42 Å². The number of rotatable bonds is 4. The first-order valence-electron chi connectivity index (χ1n) is 6.29. The van der Waals surface area contributed by atoms with Crippen molar-refractivity contribution in [2.75, 3.05) is 0 Å². The summed E-state index contributed by atoms with van der Waals surface area (Å²) in [5, 5.41) is 0.771. The lowest BCUT2D eigenvalue weighted by Crippen LogP contribution is -2.05. The Morgan fingerprint density at radius 2 is 1.29 bits per heavy atom. The summed E-state index contributed by atoms with van der Waals surface area (Å²) in [5.74, 6) is -11.4. The van der Waals surface area contributed by atoms with Gasteiger partial charge in [0.15, 0.2) is 33.1 Å². The fourth-order valence-corrected chi connectivity index (χ4v) is 3.02. The number of sulfone groups is 1. The average molecular weight is 383 g/mol. The van der Waals surface area contributed by atoms with Gasteiger partial charge in [-0.15, -0.1) is 0 Å². The molecule has 2 rings (SSSR count). The van der Waals surface area contributed by atoms with Gasteiger partial charge < -0.3 is 0 Å². The maximum Gasteiger partial charge on any atom is 0.200 e. The van der Waals surface area contributed by atoms with E-state index in [0.29, 0.717) is 22.1 Å². The topological polar surface area (TPSA) is 34.1 Å². The summed E-state index contributed by atoms with van der Waals surface area (Å²) in [4.78, 5) is 0. The molecule has 9 heteroatoms. The van der Waals surface area contributed by atoms with Crippen molar-refractivity contribution < 1.29 is 30.4 Å². The van der Waals surface area contributed by atoms with Crippen LogP contribution in [0.2, 0.25) is 5.02 Å². The summed E-state index contributed by atoms with van der Waals surface area (Å²) in [6.45, 7) is 0. The normalized spacial score (nSPS) is 12.1. The molecule has 0 radical (unpaired) electrons. The molecule has 0 fully saturated rings. The number of benzene rings is 2. The monoisotopic (exact) mass is 382 g/mol. The first-order valence-corrected chi connectivity index (χ1v) is 8.38. The fourth-order valence-electron chi connectivity index (χ4n) is 1.80. The molecule has 0 bridgehead atoms. The predicted octanol–water partition coefficient (Wildman–Crippen LogP) is 4.62. The molecule has 2 nitrogen and oxygen atoms in total. The van der Waals surface area contributed by atoms with Crippen molar-refractivity contribution >= 4 is 27.5 Å². The van der Waals surface area contributed by atoms with E-state index in [9.17, 15) is 30.4 Å². The van der Waals surface area contributed by atoms with Crippen LogP contribution in [0, 0.1) is 29.1 Å². The highest BCUT2D eigenvalue weighted by Gasteiger charge is 2.24. The molecule has 2 aromatic rings. The van der Waals surface area contributed by atoms with Gasteiger partial charge in [0, 0.05) is 10.4 Å². The zero-order chi connectivity index (χ0) is 18.1. The van der Waals surface area contributed by atoms with Crippen LogP contribution in [-0.2, 0) is 15.6 Å². The molecule has 0 aromatic heterocycles. The number of halogens is 6. The summed E-state index contributed by atoms with van der Waals surface area (Å²) < 4.78 is 89.7. The molecule has 0 aliphatic heterocycles. The summed E-state index contributed by atoms with van der Waals surface area (Å²) in [6, 6.07) is 5.73. The van der Waals surface area contributed by atoms with Gasteiger partial charge in [0.25, 0.3) is 0 Å². The third-order valence-corrected chi connectivity index (χ3v) is 4.51. The van der Waals surface area contributed by atoms with Gasteiger partial charge in [0.2, 0.25) is 5.82 Å². The third-order valence-electron chi connectivity index (χ3n) is 2.97. The lowest BCUT2D eigenvalue weighted by atomic mass is 10.1. The SMILES string of the molecule is O=S(=O)(/C=C/c1c(F)c(F)c(F)c(F)c1F)Cc1ccc(Cl)cc1. The lowest BCUT2D eigenvalue weighted by molar-refractivity contribution is 0.377. The number of hydrogen-bond donors (Lipinski definition) is 0. The molecule has 0 amide bonds. The molecule has 0 saturated carbocycles. The maximum absolute atomic E-state index is 13.5. The lowest BCUT2D eigenvalue weighted by Gasteiger charge is -2.04. The van der Waals surface area contributed by atoms with Crippen molar-refractivity contribution in [1.82, 2.24) is 0 Å². The zero-order valence-corrected chi connectivity index (χ0v) is 13.2. The van der Waals surface area contributed by atoms with Gasteiger partial charge in [0.05, 0.1) is 11.3 Å². The van der Waals surface area contributed by atoms with Gasteiger partial charge in [-0.05, 0) is 23.8 Å². The first kappa shape index (κ1) is 18.4. The highest BCUT2D eigenvalue weighted by molar-refractivity contribution is 7.93. The van der Waals surface area contributed by atoms with E-state index in [1.165, 1.54) is 24.3 Å². The molecule has 0 N–H and O–H groups in total. The molecule has 24 heavy (non-hydrogen) atoms. The van der Waals surface area contributed by atoms with E-state index in [-0.39, 0.29) is 0 Å². The molecule has 0 atom stereocenters. The second-order valence-electron chi connectivity index (χ2n) is 4.72. The number of hydrogen-bond acceptors (Lipinski definition) is 2. The Morgan fingerprint density at radius 3 is 1.79 bits per heavy atom. The quantitative estimate of drug-likeness (QED) is 0.439. The van der Waals surface area contributed by atoms with Crippen LogP contribution >= 0.6 is 11.6 Å². The maximum atomic E-state index is 13.5. The van der Waals surface area contributed by atoms with E-state index in [4.69, 9.17) is 11.6 Å². The summed E-state index contributed by atoms with van der Waals surface area (Å²) >= 11 is 5.65. The smallest absolute Gasteiger partial charge is 0.200 e. The van der Waals surface area contributed by atoms with Crippen molar-refractivity contribution in [2.24, 2.45) is 0 Å². The Morgan fingerprint density at radius 1 is 0.833 bits per heavy atom. The van der Waals surface area contributed by atoms with Crippen LogP contribution < -0.4 is 0 Å². The van der Waals surface area contributed by atoms with Crippen molar-refractivity contribution in [1.29, 1.82) is 0 Å². The molecule has 0 unspecified atom stereocenters. The average Bonchev–Trinajstić information content (AvgIpc) is 2.53. The molecule has 2 aromatic carbocycles. The van der Waals surface area contributed by atoms with E-state index >= 15 is 0 Å². The van der Waals surface area contributed by atoms with Gasteiger partial charge >= 0.3 is 0 Å². The van der Waals surface area contributed by atoms with Gasteiger partial charge in [-0.3, -0.25) is 0 Å². The molecule has 0 saturated heterocycles. The highest BCUT2D eigenvalue weighted by Crippen LogP contribution is 2.24. The van der Waals surface area contributed by atoms with Gasteiger partial charge in [-0.1, -0.05) is 23.7 Å². The summed E-state index contributed by atoms with van der Waals surface area (Å²) in [6.07, 6.45) is 0.335. The van der Waals surface area contributed by atoms with E-state index in [2.05, 4.69) is 0 Å². The van der Waals surface area contributed by atoms with Crippen LogP contribution in [0.1, 0.15) is 11.1 Å². The summed E-state index contributed by atoms with van der Waals surface area (Å²) in [7, 11) is -4.01. The third kappa shape index (κ3) is 3.93. The van der Waals surface area contributed by atoms with E-state index < -0.39 is 50.2 Å². The molecule has 0 heterocycles. The molecular formula is C15H8ClF5O2S. The minimum atomic E-state index is -4.01. The Balaban J connectivity index is 2.35. The van der Waals surface area contributed by atoms with Crippen LogP contribution in [0.3, 0.4) is 0 Å². The molecule has 0 aliphatic rings. The Bertz CT molecular complexity index is 879. The van der Waals surface area contributed by atoms with Crippen LogP contribution in [0.15, 0.2) is 29.7 Å². The van der Waals surface area contributed by atoms with Gasteiger partial charge in [0.1, 0.15) is 0 Å². The largest absolute Gasteiger partial charge is 0.224 e. The van der Waals surface area contributed by atoms with E-state index in [1.807, 2.05) is 0 Å². The molecule has 0 aliphatic carbocycles. The highest BCUT2D eigenvalue weighted by atomic mass is 35.5. The van der Waals surface area contributed by atoms with Crippen LogP contribution in [0.25, 0.3) is 6.08 Å².